The van der Waals surface area contributed by atoms with Crippen molar-refractivity contribution < 1.29 is 14.3 Å². The van der Waals surface area contributed by atoms with Crippen LogP contribution in [0.5, 0.6) is 5.75 Å². The Morgan fingerprint density at radius 3 is 2.72 bits per heavy atom. The first kappa shape index (κ1) is 21.6. The number of hydrogen-bond donors (Lipinski definition) is 2. The summed E-state index contributed by atoms with van der Waals surface area (Å²) >= 11 is 0. The Hall–Kier alpha value is -3.61. The number of H-pyrrole nitrogens is 1. The van der Waals surface area contributed by atoms with Crippen LogP contribution in [0.2, 0.25) is 0 Å². The monoisotopic (exact) mass is 432 g/mol. The summed E-state index contributed by atoms with van der Waals surface area (Å²) in [4.78, 5) is 35.7. The van der Waals surface area contributed by atoms with E-state index in [0.29, 0.717) is 36.7 Å². The number of nitrogens with zero attached hydrogens (tertiary/aromatic N) is 2. The number of ether oxygens (including phenoxy) is 1. The third-order valence-corrected chi connectivity index (χ3v) is 5.68. The molecule has 2 amide bonds. The van der Waals surface area contributed by atoms with Gasteiger partial charge in [0, 0.05) is 6.54 Å². The van der Waals surface area contributed by atoms with Crippen molar-refractivity contribution in [3.8, 4) is 17.0 Å². The Morgan fingerprint density at radius 1 is 1.19 bits per heavy atom. The van der Waals surface area contributed by atoms with Gasteiger partial charge in [-0.1, -0.05) is 42.5 Å². The average molecular weight is 433 g/mol. The highest BCUT2D eigenvalue weighted by Gasteiger charge is 2.36. The van der Waals surface area contributed by atoms with Crippen molar-refractivity contribution in [2.75, 3.05) is 13.2 Å². The van der Waals surface area contributed by atoms with Gasteiger partial charge >= 0.3 is 0 Å². The number of aromatic amines is 1. The van der Waals surface area contributed by atoms with E-state index in [4.69, 9.17) is 4.74 Å². The third kappa shape index (κ3) is 4.51. The highest BCUT2D eigenvalue weighted by atomic mass is 16.5. The summed E-state index contributed by atoms with van der Waals surface area (Å²) in [5, 5.41) is 3.02. The van der Waals surface area contributed by atoms with Gasteiger partial charge in [-0.25, -0.2) is 4.98 Å². The van der Waals surface area contributed by atoms with Crippen LogP contribution in [0, 0.1) is 0 Å². The molecule has 1 aliphatic heterocycles. The molecule has 166 valence electrons. The molecular weight excluding hydrogens is 404 g/mol. The number of benzene rings is 2. The SMILES string of the molecule is CCOc1ccccc1C(=O)N1CCCC1C(=O)NC(C)c1ncc(-c2ccccc2)[nH]1. The number of amides is 2. The first-order valence-corrected chi connectivity index (χ1v) is 11.0. The van der Waals surface area contributed by atoms with Gasteiger partial charge in [0.2, 0.25) is 5.91 Å². The molecular formula is C25H28N4O3. The molecule has 1 aromatic heterocycles. The molecule has 0 saturated carbocycles. The molecule has 2 atom stereocenters. The van der Waals surface area contributed by atoms with Gasteiger partial charge < -0.3 is 19.9 Å². The summed E-state index contributed by atoms with van der Waals surface area (Å²) in [6.07, 6.45) is 3.19. The largest absolute Gasteiger partial charge is 0.493 e. The molecule has 0 radical (unpaired) electrons. The fraction of sp³-hybridized carbons (Fsp3) is 0.320. The molecule has 1 saturated heterocycles. The molecule has 2 N–H and O–H groups in total. The smallest absolute Gasteiger partial charge is 0.258 e. The topological polar surface area (TPSA) is 87.3 Å². The Labute approximate surface area is 187 Å². The van der Waals surface area contributed by atoms with Crippen LogP contribution in [0.1, 0.15) is 48.9 Å². The lowest BCUT2D eigenvalue weighted by molar-refractivity contribution is -0.125. The zero-order valence-corrected chi connectivity index (χ0v) is 18.4. The van der Waals surface area contributed by atoms with Crippen molar-refractivity contribution in [2.45, 2.75) is 38.8 Å². The molecule has 1 aliphatic rings. The van der Waals surface area contributed by atoms with Crippen molar-refractivity contribution in [1.29, 1.82) is 0 Å². The van der Waals surface area contributed by atoms with E-state index in [2.05, 4.69) is 15.3 Å². The van der Waals surface area contributed by atoms with E-state index in [1.165, 1.54) is 0 Å². The van der Waals surface area contributed by atoms with Crippen molar-refractivity contribution in [3.05, 3.63) is 72.2 Å². The van der Waals surface area contributed by atoms with Crippen LogP contribution in [0.3, 0.4) is 0 Å². The predicted molar refractivity (Wildman–Crippen MR) is 122 cm³/mol. The fourth-order valence-corrected chi connectivity index (χ4v) is 4.06. The lowest BCUT2D eigenvalue weighted by atomic mass is 10.1. The van der Waals surface area contributed by atoms with E-state index in [1.807, 2.05) is 56.3 Å². The summed E-state index contributed by atoms with van der Waals surface area (Å²) in [7, 11) is 0. The fourth-order valence-electron chi connectivity index (χ4n) is 4.06. The highest BCUT2D eigenvalue weighted by Crippen LogP contribution is 2.26. The molecule has 2 unspecified atom stereocenters. The van der Waals surface area contributed by atoms with Gasteiger partial charge in [-0.15, -0.1) is 0 Å². The maximum absolute atomic E-state index is 13.2. The standard InChI is InChI=1S/C25H28N4O3/c1-3-32-22-14-8-7-12-19(22)25(31)29-15-9-13-21(29)24(30)27-17(2)23-26-16-20(28-23)18-10-5-4-6-11-18/h4-8,10-12,14,16-17,21H,3,9,13,15H2,1-2H3,(H,26,28)(H,27,30). The average Bonchev–Trinajstić information content (AvgIpc) is 3.50. The molecule has 2 aromatic carbocycles. The number of carbonyl (C=O) groups is 2. The van der Waals surface area contributed by atoms with Crippen LogP contribution >= 0.6 is 0 Å². The number of imidazole rings is 1. The molecule has 0 aliphatic carbocycles. The summed E-state index contributed by atoms with van der Waals surface area (Å²) in [5.74, 6) is 0.872. The molecule has 0 bridgehead atoms. The Morgan fingerprint density at radius 2 is 1.94 bits per heavy atom. The van der Waals surface area contributed by atoms with E-state index in [0.717, 1.165) is 17.7 Å². The Balaban J connectivity index is 1.45. The van der Waals surface area contributed by atoms with Crippen LogP contribution in [0.4, 0.5) is 0 Å². The second kappa shape index (κ2) is 9.68. The van der Waals surface area contributed by atoms with E-state index < -0.39 is 6.04 Å². The zero-order chi connectivity index (χ0) is 22.5. The van der Waals surface area contributed by atoms with Gasteiger partial charge in [0.15, 0.2) is 0 Å². The molecule has 2 heterocycles. The maximum Gasteiger partial charge on any atom is 0.258 e. The van der Waals surface area contributed by atoms with Crippen LogP contribution in [-0.2, 0) is 4.79 Å². The number of nitrogens with one attached hydrogen (secondary N) is 2. The molecule has 4 rings (SSSR count). The van der Waals surface area contributed by atoms with Crippen molar-refractivity contribution in [3.63, 3.8) is 0 Å². The number of carbonyl (C=O) groups excluding carboxylic acids is 2. The van der Waals surface area contributed by atoms with Crippen LogP contribution in [0.15, 0.2) is 60.8 Å². The molecule has 32 heavy (non-hydrogen) atoms. The first-order chi connectivity index (χ1) is 15.6. The summed E-state index contributed by atoms with van der Waals surface area (Å²) < 4.78 is 5.61. The normalized spacial score (nSPS) is 16.6. The van der Waals surface area contributed by atoms with Gasteiger partial charge in [0.05, 0.1) is 30.1 Å². The van der Waals surface area contributed by atoms with Crippen LogP contribution < -0.4 is 10.1 Å². The Kier molecular flexibility index (Phi) is 6.54. The van der Waals surface area contributed by atoms with Crippen LogP contribution in [-0.4, -0.2) is 45.9 Å². The molecule has 7 heteroatoms. The molecule has 1 fully saturated rings. The van der Waals surface area contributed by atoms with E-state index >= 15 is 0 Å². The van der Waals surface area contributed by atoms with Gasteiger partial charge in [-0.2, -0.15) is 0 Å². The van der Waals surface area contributed by atoms with Crippen molar-refractivity contribution in [1.82, 2.24) is 20.2 Å². The van der Waals surface area contributed by atoms with Crippen molar-refractivity contribution >= 4 is 11.8 Å². The lowest BCUT2D eigenvalue weighted by Gasteiger charge is -2.26. The minimum atomic E-state index is -0.511. The second-order valence-electron chi connectivity index (χ2n) is 7.86. The molecule has 7 nitrogen and oxygen atoms in total. The summed E-state index contributed by atoms with van der Waals surface area (Å²) in [6, 6.07) is 16.3. The Bertz CT molecular complexity index is 1080. The van der Waals surface area contributed by atoms with Gasteiger partial charge in [0.1, 0.15) is 17.6 Å². The quantitative estimate of drug-likeness (QED) is 0.592. The molecule has 3 aromatic rings. The zero-order valence-electron chi connectivity index (χ0n) is 18.4. The lowest BCUT2D eigenvalue weighted by Crippen LogP contribution is -2.46. The number of hydrogen-bond acceptors (Lipinski definition) is 4. The van der Waals surface area contributed by atoms with Crippen LogP contribution in [0.25, 0.3) is 11.3 Å². The van der Waals surface area contributed by atoms with Crippen molar-refractivity contribution in [2.24, 2.45) is 0 Å². The van der Waals surface area contributed by atoms with Gasteiger partial charge in [0.25, 0.3) is 5.91 Å². The summed E-state index contributed by atoms with van der Waals surface area (Å²) in [6.45, 7) is 4.79. The van der Waals surface area contributed by atoms with Gasteiger partial charge in [-0.05, 0) is 44.4 Å². The number of rotatable bonds is 7. The van der Waals surface area contributed by atoms with Gasteiger partial charge in [-0.3, -0.25) is 9.59 Å². The van der Waals surface area contributed by atoms with E-state index in [-0.39, 0.29) is 17.9 Å². The minimum absolute atomic E-state index is 0.171. The predicted octanol–water partition coefficient (Wildman–Crippen LogP) is 3.96. The first-order valence-electron chi connectivity index (χ1n) is 11.0. The molecule has 0 spiro atoms. The third-order valence-electron chi connectivity index (χ3n) is 5.68. The minimum Gasteiger partial charge on any atom is -0.493 e. The number of aromatic nitrogens is 2. The number of likely N-dealkylation sites (tertiary alicyclic amines) is 1. The second-order valence-corrected chi connectivity index (χ2v) is 7.86. The number of para-hydroxylation sites is 1. The van der Waals surface area contributed by atoms with E-state index in [1.54, 1.807) is 23.2 Å². The highest BCUT2D eigenvalue weighted by molar-refractivity contribution is 6.00. The van der Waals surface area contributed by atoms with E-state index in [9.17, 15) is 9.59 Å². The summed E-state index contributed by atoms with van der Waals surface area (Å²) in [5.41, 5.74) is 2.41. The maximum atomic E-state index is 13.2.